The van der Waals surface area contributed by atoms with Gasteiger partial charge in [0.15, 0.2) is 27.4 Å². The summed E-state index contributed by atoms with van der Waals surface area (Å²) in [7, 11) is -8.97. The van der Waals surface area contributed by atoms with Crippen molar-refractivity contribution in [3.63, 3.8) is 0 Å². The molecule has 0 saturated carbocycles. The Morgan fingerprint density at radius 1 is 0.922 bits per heavy atom. The number of hydrogen-bond acceptors (Lipinski definition) is 12. The third-order valence-corrected chi connectivity index (χ3v) is 15.0. The lowest BCUT2D eigenvalue weighted by molar-refractivity contribution is -0.158. The van der Waals surface area contributed by atoms with Crippen LogP contribution in [0.5, 0.6) is 0 Å². The number of pyridine rings is 1. The quantitative estimate of drug-likeness (QED) is 0.0557. The molecule has 3 atom stereocenters. The summed E-state index contributed by atoms with van der Waals surface area (Å²) < 4.78 is 203. The highest BCUT2D eigenvalue weighted by Gasteiger charge is 2.54. The first-order valence-electron chi connectivity index (χ1n) is 22.6. The van der Waals surface area contributed by atoms with Crippen molar-refractivity contribution in [2.45, 2.75) is 108 Å². The van der Waals surface area contributed by atoms with Gasteiger partial charge in [-0.05, 0) is 89.3 Å². The molecule has 418 valence electrons. The van der Waals surface area contributed by atoms with Crippen molar-refractivity contribution in [3.05, 3.63) is 93.0 Å². The summed E-state index contributed by atoms with van der Waals surface area (Å²) in [6, 6.07) is 0.668. The molecule has 17 nitrogen and oxygen atoms in total. The fourth-order valence-corrected chi connectivity index (χ4v) is 9.32. The number of carbonyl (C=O) groups excluding carboxylic acids is 3. The number of nitrogens with zero attached hydrogens (tertiary/aromatic N) is 6. The number of esters is 1. The molecule has 2 aromatic carbocycles. The summed E-state index contributed by atoms with van der Waals surface area (Å²) in [5.74, 6) is -6.70. The first-order valence-corrected chi connectivity index (χ1v) is 26.7. The SMILES string of the molecule is C[C@@H]1Cc2c(C(F)(F)F)nn(CC(=O)N[C@@H](Cc3cc(F)cc(F)c3)c3nc(C#CC(C)(C)S(C)(=O)=O)ccc3-c3ccc(Cl)c4c(N(C(=O)N[C@@H](CO)C(=O)OC(C)(C)C)S(C)(=O)=O)nn(CC(F)(F)F)c34)c2C1(F)F. The van der Waals surface area contributed by atoms with Crippen molar-refractivity contribution >= 4 is 66.1 Å². The molecule has 6 rings (SSSR count). The van der Waals surface area contributed by atoms with Gasteiger partial charge in [0.2, 0.25) is 15.9 Å². The number of benzene rings is 2. The zero-order chi connectivity index (χ0) is 57.9. The van der Waals surface area contributed by atoms with E-state index in [0.29, 0.717) is 12.3 Å². The topological polar surface area (TPSA) is 225 Å². The second-order valence-electron chi connectivity index (χ2n) is 19.5. The van der Waals surface area contributed by atoms with Gasteiger partial charge in [-0.15, -0.1) is 0 Å². The molecule has 0 unspecified atom stereocenters. The predicted octanol–water partition coefficient (Wildman–Crippen LogP) is 7.54. The van der Waals surface area contributed by atoms with Crippen LogP contribution in [0.25, 0.3) is 22.0 Å². The Labute approximate surface area is 438 Å². The number of halogens is 11. The molecule has 3 heterocycles. The standard InChI is InChI=1S/C47H47ClF10N8O9S2/c1-23-15-30-38(47(56,57)58)62-64(39(30)46(23,54)55)20-34(68)60-32(18-24-16-25(49)19-26(50)17-24)36-28(10-9-27(59-36)13-14-44(5,6)76(7,71)72)29-11-12-31(48)35-37(29)65(22-45(51,52)53)63-40(35)66(77(8,73)74)42(70)61-33(21-67)41(69)75-43(2,3)4/h9-12,16-17,19,23,32-33,67H,15,18,20-22H2,1-8H3,(H,60,68)(H,61,70)/t23-,32+,33+/m1/s1. The Bertz CT molecular complexity index is 3460. The Balaban J connectivity index is 1.65. The van der Waals surface area contributed by atoms with Crippen LogP contribution in [-0.4, -0.2) is 106 Å². The van der Waals surface area contributed by atoms with Crippen LogP contribution in [0.1, 0.15) is 81.5 Å². The molecule has 0 bridgehead atoms. The number of urea groups is 1. The van der Waals surface area contributed by atoms with E-state index >= 15 is 8.78 Å². The van der Waals surface area contributed by atoms with Gasteiger partial charge in [0.1, 0.15) is 46.5 Å². The molecule has 1 aliphatic rings. The van der Waals surface area contributed by atoms with Gasteiger partial charge >= 0.3 is 24.4 Å². The van der Waals surface area contributed by atoms with Crippen molar-refractivity contribution in [2.75, 3.05) is 23.4 Å². The predicted molar refractivity (Wildman–Crippen MR) is 257 cm³/mol. The average Bonchev–Trinajstić information content (AvgIpc) is 3.88. The number of amides is 3. The summed E-state index contributed by atoms with van der Waals surface area (Å²) >= 11 is 6.65. The molecule has 0 radical (unpaired) electrons. The van der Waals surface area contributed by atoms with Crippen molar-refractivity contribution in [1.82, 2.24) is 35.2 Å². The van der Waals surface area contributed by atoms with Crippen LogP contribution >= 0.6 is 11.6 Å². The number of carbonyl (C=O) groups is 3. The Kier molecular flexibility index (Phi) is 16.3. The van der Waals surface area contributed by atoms with Gasteiger partial charge in [-0.1, -0.05) is 30.5 Å². The van der Waals surface area contributed by atoms with Gasteiger partial charge in [-0.3, -0.25) is 14.2 Å². The molecule has 3 aromatic heterocycles. The van der Waals surface area contributed by atoms with Crippen LogP contribution in [0.3, 0.4) is 0 Å². The van der Waals surface area contributed by atoms with Gasteiger partial charge < -0.3 is 20.5 Å². The number of aliphatic hydroxyl groups is 1. The highest BCUT2D eigenvalue weighted by molar-refractivity contribution is 7.93. The van der Waals surface area contributed by atoms with E-state index < -0.39 is 179 Å². The maximum absolute atomic E-state index is 15.6. The first kappa shape index (κ1) is 59.7. The van der Waals surface area contributed by atoms with Crippen molar-refractivity contribution in [2.24, 2.45) is 5.92 Å². The molecule has 5 aromatic rings. The minimum atomic E-state index is -5.27. The van der Waals surface area contributed by atoms with Gasteiger partial charge in [0.05, 0.1) is 40.5 Å². The van der Waals surface area contributed by atoms with E-state index in [2.05, 4.69) is 32.3 Å². The van der Waals surface area contributed by atoms with E-state index in [9.17, 15) is 71.4 Å². The molecule has 1 aliphatic carbocycles. The van der Waals surface area contributed by atoms with E-state index in [1.807, 2.05) is 5.32 Å². The smallest absolute Gasteiger partial charge is 0.435 e. The average molecular weight is 1160 g/mol. The van der Waals surface area contributed by atoms with Crippen LogP contribution in [0.15, 0.2) is 42.5 Å². The van der Waals surface area contributed by atoms with Crippen LogP contribution in [-0.2, 0) is 72.2 Å². The number of rotatable bonds is 14. The molecular weight excluding hydrogens is 1110 g/mol. The van der Waals surface area contributed by atoms with Gasteiger partial charge in [-0.2, -0.15) is 49.6 Å². The normalized spacial score (nSPS) is 15.8. The summed E-state index contributed by atoms with van der Waals surface area (Å²) in [6.07, 6.45) is -10.7. The summed E-state index contributed by atoms with van der Waals surface area (Å²) in [4.78, 5) is 45.6. The molecule has 0 fully saturated rings. The van der Waals surface area contributed by atoms with Gasteiger partial charge in [0.25, 0.3) is 5.92 Å². The van der Waals surface area contributed by atoms with E-state index in [-0.39, 0.29) is 30.5 Å². The Hall–Kier alpha value is -6.51. The molecule has 77 heavy (non-hydrogen) atoms. The third kappa shape index (κ3) is 13.3. The third-order valence-electron chi connectivity index (χ3n) is 11.8. The second-order valence-corrected chi connectivity index (χ2v) is 24.3. The highest BCUT2D eigenvalue weighted by Crippen LogP contribution is 2.50. The van der Waals surface area contributed by atoms with E-state index in [4.69, 9.17) is 16.3 Å². The van der Waals surface area contributed by atoms with Crippen LogP contribution in [0.2, 0.25) is 5.02 Å². The van der Waals surface area contributed by atoms with Crippen LogP contribution in [0, 0.1) is 29.4 Å². The molecule has 3 amide bonds. The van der Waals surface area contributed by atoms with Gasteiger partial charge in [0, 0.05) is 34.9 Å². The fraction of sp³-hybridized carbons (Fsp3) is 0.447. The number of aromatic nitrogens is 5. The van der Waals surface area contributed by atoms with E-state index in [0.717, 1.165) is 49.6 Å². The monoisotopic (exact) mass is 1160 g/mol. The van der Waals surface area contributed by atoms with Crippen molar-refractivity contribution in [1.29, 1.82) is 0 Å². The molecular formula is C47H47ClF10N8O9S2. The number of sulfonamides is 1. The van der Waals surface area contributed by atoms with Gasteiger partial charge in [-0.25, -0.2) is 40.2 Å². The maximum Gasteiger partial charge on any atom is 0.435 e. The number of hydrogen-bond donors (Lipinski definition) is 3. The number of anilines is 1. The maximum atomic E-state index is 15.6. The number of alkyl halides is 8. The number of sulfone groups is 1. The fourth-order valence-electron chi connectivity index (χ4n) is 8.05. The van der Waals surface area contributed by atoms with E-state index in [1.165, 1.54) is 34.6 Å². The van der Waals surface area contributed by atoms with Crippen LogP contribution in [0.4, 0.5) is 54.5 Å². The molecule has 0 saturated heterocycles. The zero-order valence-electron chi connectivity index (χ0n) is 41.7. The molecule has 3 N–H and O–H groups in total. The lowest BCUT2D eigenvalue weighted by Crippen LogP contribution is -2.52. The second kappa shape index (κ2) is 21.0. The van der Waals surface area contributed by atoms with Crippen molar-refractivity contribution in [3.8, 4) is 23.0 Å². The summed E-state index contributed by atoms with van der Waals surface area (Å²) in [6.45, 7) is 3.07. The number of fused-ring (bicyclic) bond motifs is 2. The first-order chi connectivity index (χ1) is 35.1. The minimum absolute atomic E-state index is 0.138. The van der Waals surface area contributed by atoms with E-state index in [1.54, 1.807) is 0 Å². The largest absolute Gasteiger partial charge is 0.458 e. The lowest BCUT2D eigenvalue weighted by Gasteiger charge is -2.25. The molecule has 30 heteroatoms. The molecule has 0 spiro atoms. The lowest BCUT2D eigenvalue weighted by atomic mass is 9.93. The number of aliphatic hydroxyl groups excluding tert-OH is 1. The molecule has 0 aliphatic heterocycles. The zero-order valence-corrected chi connectivity index (χ0v) is 44.1. The number of nitrogens with one attached hydrogen (secondary N) is 2. The highest BCUT2D eigenvalue weighted by atomic mass is 35.5. The summed E-state index contributed by atoms with van der Waals surface area (Å²) in [5.41, 5.74) is -7.75. The van der Waals surface area contributed by atoms with Crippen molar-refractivity contribution < 1.29 is 85.0 Å². The Morgan fingerprint density at radius 2 is 1.53 bits per heavy atom. The summed E-state index contributed by atoms with van der Waals surface area (Å²) in [5, 5.41) is 20.3. The Morgan fingerprint density at radius 3 is 2.08 bits per heavy atom. The van der Waals surface area contributed by atoms with Crippen LogP contribution < -0.4 is 14.9 Å². The minimum Gasteiger partial charge on any atom is -0.458 e. The number of ether oxygens (including phenoxy) is 1.